The van der Waals surface area contributed by atoms with Crippen molar-refractivity contribution >= 4 is 18.0 Å². The maximum atomic E-state index is 12.5. The van der Waals surface area contributed by atoms with Crippen LogP contribution in [0.4, 0.5) is 4.79 Å². The molecule has 0 bridgehead atoms. The highest BCUT2D eigenvalue weighted by molar-refractivity contribution is 6.04. The van der Waals surface area contributed by atoms with Gasteiger partial charge in [-0.3, -0.25) is 4.79 Å². The molecule has 0 fully saturated rings. The van der Waals surface area contributed by atoms with Crippen LogP contribution in [-0.2, 0) is 19.1 Å². The molecule has 22 heavy (non-hydrogen) atoms. The Balaban J connectivity index is 3.14. The van der Waals surface area contributed by atoms with Crippen molar-refractivity contribution in [2.24, 2.45) is 0 Å². The molecule has 0 spiro atoms. The summed E-state index contributed by atoms with van der Waals surface area (Å²) >= 11 is 0. The monoisotopic (exact) mass is 311 g/mol. The minimum absolute atomic E-state index is 0.187. The Kier molecular flexibility index (Phi) is 4.75. The Morgan fingerprint density at radius 2 is 1.59 bits per heavy atom. The van der Waals surface area contributed by atoms with Gasteiger partial charge in [0.25, 0.3) is 5.91 Å². The van der Waals surface area contributed by atoms with Gasteiger partial charge in [-0.15, -0.1) is 0 Å². The molecule has 1 aliphatic heterocycles. The van der Waals surface area contributed by atoms with Gasteiger partial charge < -0.3 is 9.47 Å². The van der Waals surface area contributed by atoms with E-state index >= 15 is 0 Å². The fraction of sp³-hybridized carbons (Fsp3) is 0.688. The van der Waals surface area contributed by atoms with Crippen molar-refractivity contribution in [3.05, 3.63) is 12.2 Å². The highest BCUT2D eigenvalue weighted by Crippen LogP contribution is 2.30. The van der Waals surface area contributed by atoms with Gasteiger partial charge in [-0.25, -0.2) is 14.5 Å². The van der Waals surface area contributed by atoms with Crippen LogP contribution in [0.3, 0.4) is 0 Å². The van der Waals surface area contributed by atoms with E-state index in [4.69, 9.17) is 9.47 Å². The van der Waals surface area contributed by atoms with E-state index in [2.05, 4.69) is 0 Å². The van der Waals surface area contributed by atoms with Crippen molar-refractivity contribution in [2.45, 2.75) is 71.6 Å². The molecule has 0 aromatic heterocycles. The third-order valence-electron chi connectivity index (χ3n) is 2.90. The van der Waals surface area contributed by atoms with Crippen LogP contribution in [0.2, 0.25) is 0 Å². The molecule has 0 aromatic rings. The topological polar surface area (TPSA) is 72.9 Å². The van der Waals surface area contributed by atoms with Crippen molar-refractivity contribution in [2.75, 3.05) is 0 Å². The van der Waals surface area contributed by atoms with E-state index in [1.165, 1.54) is 13.0 Å². The average Bonchev–Trinajstić information content (AvgIpc) is 2.23. The molecular formula is C16H25NO5. The maximum Gasteiger partial charge on any atom is 0.418 e. The highest BCUT2D eigenvalue weighted by atomic mass is 16.6. The summed E-state index contributed by atoms with van der Waals surface area (Å²) in [6.45, 7) is 11.8. The van der Waals surface area contributed by atoms with E-state index < -0.39 is 34.7 Å². The number of carbonyl (C=O) groups excluding carboxylic acids is 3. The second-order valence-electron chi connectivity index (χ2n) is 7.54. The Morgan fingerprint density at radius 1 is 1.09 bits per heavy atom. The van der Waals surface area contributed by atoms with E-state index in [-0.39, 0.29) is 6.42 Å². The molecule has 0 N–H and O–H groups in total. The van der Waals surface area contributed by atoms with Crippen LogP contribution < -0.4 is 0 Å². The lowest BCUT2D eigenvalue weighted by molar-refractivity contribution is -0.171. The summed E-state index contributed by atoms with van der Waals surface area (Å²) in [4.78, 5) is 37.8. The fourth-order valence-electron chi connectivity index (χ4n) is 1.96. The molecular weight excluding hydrogens is 286 g/mol. The number of carbonyl (C=O) groups is 3. The van der Waals surface area contributed by atoms with Gasteiger partial charge in [-0.2, -0.15) is 0 Å². The lowest BCUT2D eigenvalue weighted by Crippen LogP contribution is -2.60. The molecule has 1 heterocycles. The molecule has 0 aliphatic carbocycles. The number of amides is 2. The zero-order valence-corrected chi connectivity index (χ0v) is 14.4. The van der Waals surface area contributed by atoms with Crippen LogP contribution in [0.5, 0.6) is 0 Å². The first-order valence-corrected chi connectivity index (χ1v) is 7.23. The predicted octanol–water partition coefficient (Wildman–Crippen LogP) is 2.81. The molecule has 1 aliphatic rings. The molecule has 1 rings (SSSR count). The summed E-state index contributed by atoms with van der Waals surface area (Å²) in [7, 11) is 0. The molecule has 0 unspecified atom stereocenters. The largest absolute Gasteiger partial charge is 0.458 e. The van der Waals surface area contributed by atoms with Gasteiger partial charge >= 0.3 is 12.1 Å². The number of esters is 1. The summed E-state index contributed by atoms with van der Waals surface area (Å²) in [5.74, 6) is -1.22. The lowest BCUT2D eigenvalue weighted by atomic mass is 9.92. The molecule has 1 atom stereocenters. The Hall–Kier alpha value is -1.85. The van der Waals surface area contributed by atoms with Crippen LogP contribution >= 0.6 is 0 Å². The van der Waals surface area contributed by atoms with Crippen molar-refractivity contribution < 1.29 is 23.9 Å². The average molecular weight is 311 g/mol. The number of imide groups is 1. The highest BCUT2D eigenvalue weighted by Gasteiger charge is 2.50. The van der Waals surface area contributed by atoms with Gasteiger partial charge in [0.15, 0.2) is 5.54 Å². The van der Waals surface area contributed by atoms with Crippen LogP contribution in [-0.4, -0.2) is 39.6 Å². The molecule has 6 nitrogen and oxygen atoms in total. The number of rotatable bonds is 1. The van der Waals surface area contributed by atoms with Crippen LogP contribution in [0, 0.1) is 0 Å². The predicted molar refractivity (Wildman–Crippen MR) is 81.1 cm³/mol. The second-order valence-corrected chi connectivity index (χ2v) is 7.54. The number of hydrogen-bond donors (Lipinski definition) is 0. The summed E-state index contributed by atoms with van der Waals surface area (Å²) in [6.07, 6.45) is 2.16. The van der Waals surface area contributed by atoms with E-state index in [0.29, 0.717) is 0 Å². The maximum absolute atomic E-state index is 12.5. The van der Waals surface area contributed by atoms with E-state index in [1.54, 1.807) is 47.6 Å². The number of hydrogen-bond acceptors (Lipinski definition) is 5. The third kappa shape index (κ3) is 4.32. The standard InChI is InChI=1S/C16H25NO5/c1-14(2,3)21-12(19)16(7)10-8-9-11(18)17(16)13(20)22-15(4,5)6/h8-9H,10H2,1-7H3/t16-/m0/s1. The number of ether oxygens (including phenoxy) is 2. The van der Waals surface area contributed by atoms with Gasteiger partial charge in [-0.1, -0.05) is 6.08 Å². The van der Waals surface area contributed by atoms with Gasteiger partial charge in [0.05, 0.1) is 0 Å². The number of nitrogens with zero attached hydrogens (tertiary/aromatic N) is 1. The molecule has 0 saturated heterocycles. The molecule has 0 radical (unpaired) electrons. The van der Waals surface area contributed by atoms with E-state index in [1.807, 2.05) is 0 Å². The summed E-state index contributed by atoms with van der Waals surface area (Å²) in [5.41, 5.74) is -2.90. The minimum Gasteiger partial charge on any atom is -0.458 e. The summed E-state index contributed by atoms with van der Waals surface area (Å²) in [6, 6.07) is 0. The molecule has 124 valence electrons. The first-order valence-electron chi connectivity index (χ1n) is 7.23. The lowest BCUT2D eigenvalue weighted by Gasteiger charge is -2.40. The van der Waals surface area contributed by atoms with Crippen molar-refractivity contribution in [1.82, 2.24) is 4.90 Å². The summed E-state index contributed by atoms with van der Waals surface area (Å²) < 4.78 is 10.6. The molecule has 6 heteroatoms. The van der Waals surface area contributed by atoms with Crippen molar-refractivity contribution in [3.63, 3.8) is 0 Å². The van der Waals surface area contributed by atoms with Crippen LogP contribution in [0.1, 0.15) is 54.9 Å². The van der Waals surface area contributed by atoms with Gasteiger partial charge in [-0.05, 0) is 54.5 Å². The first-order chi connectivity index (χ1) is 9.76. The SMILES string of the molecule is CC(C)(C)OC(=O)N1C(=O)C=CC[C@@]1(C)C(=O)OC(C)(C)C. The second kappa shape index (κ2) is 5.74. The molecule has 0 saturated carbocycles. The van der Waals surface area contributed by atoms with E-state index in [0.717, 1.165) is 4.90 Å². The van der Waals surface area contributed by atoms with Crippen LogP contribution in [0.25, 0.3) is 0 Å². The van der Waals surface area contributed by atoms with Gasteiger partial charge in [0.2, 0.25) is 0 Å². The smallest absolute Gasteiger partial charge is 0.418 e. The summed E-state index contributed by atoms with van der Waals surface area (Å²) in [5, 5.41) is 0. The fourth-order valence-corrected chi connectivity index (χ4v) is 1.96. The zero-order chi connectivity index (χ0) is 17.3. The zero-order valence-electron chi connectivity index (χ0n) is 14.4. The van der Waals surface area contributed by atoms with Crippen LogP contribution in [0.15, 0.2) is 12.2 Å². The van der Waals surface area contributed by atoms with Crippen molar-refractivity contribution in [3.8, 4) is 0 Å². The molecule has 2 amide bonds. The van der Waals surface area contributed by atoms with Crippen molar-refractivity contribution in [1.29, 1.82) is 0 Å². The minimum atomic E-state index is -1.42. The van der Waals surface area contributed by atoms with Gasteiger partial charge in [0, 0.05) is 6.42 Å². The third-order valence-corrected chi connectivity index (χ3v) is 2.90. The first kappa shape index (κ1) is 18.2. The quantitative estimate of drug-likeness (QED) is 0.696. The van der Waals surface area contributed by atoms with Gasteiger partial charge in [0.1, 0.15) is 11.2 Å². The normalized spacial score (nSPS) is 22.5. The van der Waals surface area contributed by atoms with E-state index in [9.17, 15) is 14.4 Å². The Morgan fingerprint density at radius 3 is 2.05 bits per heavy atom. The Labute approximate surface area is 131 Å². The molecule has 0 aromatic carbocycles. The Bertz CT molecular complexity index is 510.